The molecule has 2 N–H and O–H groups in total. The van der Waals surface area contributed by atoms with Crippen molar-refractivity contribution in [1.82, 2.24) is 10.6 Å². The summed E-state index contributed by atoms with van der Waals surface area (Å²) < 4.78 is 13.7. The van der Waals surface area contributed by atoms with Crippen LogP contribution in [0.25, 0.3) is 0 Å². The maximum absolute atomic E-state index is 13.7. The van der Waals surface area contributed by atoms with Crippen molar-refractivity contribution in [3.63, 3.8) is 0 Å². The fraction of sp³-hybridized carbons (Fsp3) is 0.556. The number of amides is 2. The van der Waals surface area contributed by atoms with Crippen LogP contribution < -0.4 is 21.0 Å². The molecule has 288 valence electrons. The van der Waals surface area contributed by atoms with Crippen LogP contribution in [-0.2, 0) is 14.0 Å². The van der Waals surface area contributed by atoms with Crippen molar-refractivity contribution in [2.45, 2.75) is 151 Å². The normalized spacial score (nSPS) is 14.3. The van der Waals surface area contributed by atoms with Gasteiger partial charge < -0.3 is 0 Å². The quantitative estimate of drug-likeness (QED) is 0.0705. The molecule has 0 aliphatic heterocycles. The Hall–Kier alpha value is -2.42. The van der Waals surface area contributed by atoms with Gasteiger partial charge in [0.2, 0.25) is 0 Å². The Kier molecular flexibility index (Phi) is 20.0. The molecule has 0 aromatic heterocycles. The third kappa shape index (κ3) is 14.1. The third-order valence-electron chi connectivity index (χ3n) is 10.2. The van der Waals surface area contributed by atoms with Gasteiger partial charge in [0.25, 0.3) is 8.32 Å². The van der Waals surface area contributed by atoms with Gasteiger partial charge in [-0.05, 0) is 22.3 Å². The average Bonchev–Trinajstić information content (AvgIpc) is 3.12. The van der Waals surface area contributed by atoms with Crippen LogP contribution >= 0.6 is 0 Å². The monoisotopic (exact) mass is 836 g/mol. The molecule has 2 atom stereocenters. The summed E-state index contributed by atoms with van der Waals surface area (Å²) in [5, 5.41) is 8.46. The molecule has 0 bridgehead atoms. The van der Waals surface area contributed by atoms with Crippen molar-refractivity contribution in [2.24, 2.45) is 5.41 Å². The molecule has 0 radical (unpaired) electrons. The number of hydrogen-bond acceptors (Lipinski definition) is 3. The Morgan fingerprint density at radius 1 is 0.769 bits per heavy atom. The topological polar surface area (TPSA) is 67.4 Å². The minimum atomic E-state index is -2.76. The second kappa shape index (κ2) is 22.7. The van der Waals surface area contributed by atoms with Crippen molar-refractivity contribution in [1.29, 1.82) is 0 Å². The van der Waals surface area contributed by atoms with E-state index in [1.54, 1.807) is 12.3 Å². The molecule has 2 amide bonds. The van der Waals surface area contributed by atoms with Crippen LogP contribution in [0.2, 0.25) is 18.3 Å². The number of carbonyl (C=O) groups excluding carboxylic acids is 2. The first kappa shape index (κ1) is 45.7. The van der Waals surface area contributed by atoms with E-state index < -0.39 is 38.2 Å². The third-order valence-corrected chi connectivity index (χ3v) is 29.4. The molecule has 2 aromatic carbocycles. The minimum Gasteiger partial charge on any atom is -0.0623 e. The molecule has 0 saturated carbocycles. The van der Waals surface area contributed by atoms with Crippen LogP contribution in [0.15, 0.2) is 95.3 Å². The summed E-state index contributed by atoms with van der Waals surface area (Å²) in [6.45, 7) is 21.7. The molecule has 0 unspecified atom stereocenters. The van der Waals surface area contributed by atoms with Crippen molar-refractivity contribution < 1.29 is 14.0 Å². The molecule has 0 spiro atoms. The number of allylic oxidation sites excluding steroid dienone is 1. The number of carbonyl (C=O) groups is 2. The first-order valence-corrected chi connectivity index (χ1v) is 29.7. The maximum atomic E-state index is 13.7. The number of nitrogens with one attached hydrogen (secondary N) is 2. The van der Waals surface area contributed by atoms with Gasteiger partial charge in [-0.1, -0.05) is 93.6 Å². The van der Waals surface area contributed by atoms with Gasteiger partial charge in [0.1, 0.15) is 0 Å². The van der Waals surface area contributed by atoms with Crippen LogP contribution in [0.3, 0.4) is 0 Å². The van der Waals surface area contributed by atoms with Crippen LogP contribution in [-0.4, -0.2) is 50.7 Å². The van der Waals surface area contributed by atoms with Crippen LogP contribution in [0.5, 0.6) is 0 Å². The van der Waals surface area contributed by atoms with Crippen LogP contribution in [0.1, 0.15) is 121 Å². The number of unbranched alkanes of at least 4 members (excludes halogenated alkanes) is 3. The van der Waals surface area contributed by atoms with E-state index in [9.17, 15) is 9.59 Å². The van der Waals surface area contributed by atoms with E-state index in [-0.39, 0.29) is 23.0 Å². The van der Waals surface area contributed by atoms with Gasteiger partial charge in [-0.25, -0.2) is 0 Å². The number of hydrogen-bond donors (Lipinski definition) is 2. The first-order chi connectivity index (χ1) is 24.7. The Bertz CT molecular complexity index is 1350. The summed E-state index contributed by atoms with van der Waals surface area (Å²) in [5.74, 6) is -0.365. The Morgan fingerprint density at radius 3 is 1.67 bits per heavy atom. The predicted octanol–water partition coefficient (Wildman–Crippen LogP) is 10.4. The van der Waals surface area contributed by atoms with E-state index in [4.69, 9.17) is 4.43 Å². The second-order valence-electron chi connectivity index (χ2n) is 16.7. The van der Waals surface area contributed by atoms with Crippen LogP contribution in [0.4, 0.5) is 0 Å². The Balaban J connectivity index is 2.30. The van der Waals surface area contributed by atoms with E-state index in [0.717, 1.165) is 6.42 Å². The summed E-state index contributed by atoms with van der Waals surface area (Å²) in [7, 11) is -2.76. The molecule has 0 fully saturated rings. The van der Waals surface area contributed by atoms with Gasteiger partial charge in [0.15, 0.2) is 0 Å². The zero-order valence-electron chi connectivity index (χ0n) is 34.4. The molecular formula is C45H72N2O3SiSn. The van der Waals surface area contributed by atoms with E-state index in [1.165, 1.54) is 62.2 Å². The van der Waals surface area contributed by atoms with Gasteiger partial charge in [0.05, 0.1) is 0 Å². The summed E-state index contributed by atoms with van der Waals surface area (Å²) in [5.41, 5.74) is -0.463. The molecule has 0 aliphatic rings. The summed E-state index contributed by atoms with van der Waals surface area (Å²) in [6.07, 6.45) is 18.4. The molecule has 0 aliphatic carbocycles. The smallest absolute Gasteiger partial charge is 0.0623 e. The average molecular weight is 836 g/mol. The molecule has 5 nitrogen and oxygen atoms in total. The molecule has 2 rings (SSSR count). The van der Waals surface area contributed by atoms with Crippen LogP contribution in [0, 0.1) is 5.41 Å². The number of rotatable bonds is 22. The zero-order chi connectivity index (χ0) is 38.7. The first-order valence-electron chi connectivity index (χ1n) is 20.0. The fourth-order valence-corrected chi connectivity index (χ4v) is 26.0. The molecule has 0 heterocycles. The van der Waals surface area contributed by atoms with E-state index in [1.807, 2.05) is 33.8 Å². The Morgan fingerprint density at radius 2 is 1.25 bits per heavy atom. The zero-order valence-corrected chi connectivity index (χ0v) is 38.2. The molecular weight excluding hydrogens is 763 g/mol. The van der Waals surface area contributed by atoms with E-state index in [2.05, 4.69) is 129 Å². The number of benzene rings is 2. The minimum absolute atomic E-state index is 0.0985. The summed E-state index contributed by atoms with van der Waals surface area (Å²) in [4.78, 5) is 27.1. The van der Waals surface area contributed by atoms with E-state index in [0.29, 0.717) is 6.42 Å². The Labute approximate surface area is 323 Å². The fourth-order valence-electron chi connectivity index (χ4n) is 7.20. The van der Waals surface area contributed by atoms with Crippen molar-refractivity contribution in [2.75, 3.05) is 0 Å². The summed E-state index contributed by atoms with van der Waals surface area (Å²) >= 11 is -2.63. The molecule has 0 saturated heterocycles. The van der Waals surface area contributed by atoms with Gasteiger partial charge in [-0.3, -0.25) is 0 Å². The van der Waals surface area contributed by atoms with Gasteiger partial charge >= 0.3 is 201 Å². The molecule has 7 heteroatoms. The van der Waals surface area contributed by atoms with Crippen molar-refractivity contribution in [3.05, 3.63) is 95.3 Å². The molecule has 52 heavy (non-hydrogen) atoms. The summed E-state index contributed by atoms with van der Waals surface area (Å²) in [6, 6.07) is 20.7. The SMILES string of the molecule is C/C=C\C[C@H](C/C=C\NC(=O)[C@@H](NC(=O)/C=[CH]\[Sn]([CH2]CCC)([CH2]CCC)[CH2]CCC)C(C)(C)C)O[Si](c1ccccc1)(c1ccccc1)C(C)(C)C. The standard InChI is InChI=1S/C33H45N2O3Si.3C4H9.Sn/c1-9-11-19-26(20-18-25-34-31(37)30(32(3,4)5)35-29(36)10-2)38-39(33(6,7)8,27-21-14-12-15-22-27)28-23-16-13-17-24-28;3*1-3-4-2;/h2,9-18,21-26,30H,19-20H2,1,3-8H3,(H,34,37)(H,35,36);3*1,3-4H2,2H3;/b10-2?,11-9-,25-18-;;;;/t26-,30-;;;;/m1..../s1. The van der Waals surface area contributed by atoms with Crippen molar-refractivity contribution in [3.8, 4) is 0 Å². The van der Waals surface area contributed by atoms with Gasteiger partial charge in [-0.15, -0.1) is 0 Å². The van der Waals surface area contributed by atoms with Gasteiger partial charge in [-0.2, -0.15) is 0 Å². The van der Waals surface area contributed by atoms with E-state index >= 15 is 0 Å². The van der Waals surface area contributed by atoms with Crippen molar-refractivity contribution >= 4 is 48.9 Å². The molecule has 2 aromatic rings. The second-order valence-corrected chi connectivity index (χ2v) is 33.9. The van der Waals surface area contributed by atoms with Gasteiger partial charge in [0, 0.05) is 0 Å². The predicted molar refractivity (Wildman–Crippen MR) is 229 cm³/mol.